The van der Waals surface area contributed by atoms with Gasteiger partial charge in [0.05, 0.1) is 22.9 Å². The monoisotopic (exact) mass is 478 g/mol. The van der Waals surface area contributed by atoms with Gasteiger partial charge in [-0.15, -0.1) is 0 Å². The second kappa shape index (κ2) is 7.92. The minimum Gasteiger partial charge on any atom is -0.322 e. The zero-order valence-corrected chi connectivity index (χ0v) is 19.6. The van der Waals surface area contributed by atoms with E-state index in [1.165, 1.54) is 0 Å². The molecule has 0 spiro atoms. The highest BCUT2D eigenvalue weighted by Gasteiger charge is 2.27. The summed E-state index contributed by atoms with van der Waals surface area (Å²) in [5, 5.41) is 16.9. The van der Waals surface area contributed by atoms with Crippen LogP contribution in [0, 0.1) is 10.8 Å². The fraction of sp³-hybridized carbons (Fsp3) is 0.0714. The van der Waals surface area contributed by atoms with Crippen molar-refractivity contribution in [3.63, 3.8) is 0 Å². The van der Waals surface area contributed by atoms with E-state index in [9.17, 15) is 8.42 Å². The Bertz CT molecular complexity index is 1480. The Morgan fingerprint density at radius 2 is 0.914 bits per heavy atom. The average Bonchev–Trinajstić information content (AvgIpc) is 3.41. The first-order valence-electron chi connectivity index (χ1n) is 11.3. The highest BCUT2D eigenvalue weighted by molar-refractivity contribution is 7.91. The predicted molar refractivity (Wildman–Crippen MR) is 137 cm³/mol. The molecule has 172 valence electrons. The Morgan fingerprint density at radius 3 is 1.29 bits per heavy atom. The van der Waals surface area contributed by atoms with E-state index < -0.39 is 9.84 Å². The van der Waals surface area contributed by atoms with Crippen LogP contribution in [0.5, 0.6) is 0 Å². The highest BCUT2D eigenvalue weighted by Crippen LogP contribution is 2.32. The molecule has 7 heteroatoms. The number of anilines is 2. The highest BCUT2D eigenvalue weighted by atomic mass is 32.2. The summed E-state index contributed by atoms with van der Waals surface area (Å²) in [6.45, 7) is 1.19. The van der Waals surface area contributed by atoms with Gasteiger partial charge in [0, 0.05) is 22.5 Å². The molecule has 0 fully saturated rings. The minimum atomic E-state index is -3.70. The zero-order chi connectivity index (χ0) is 24.2. The van der Waals surface area contributed by atoms with Gasteiger partial charge in [0.1, 0.15) is 11.7 Å². The molecule has 2 N–H and O–H groups in total. The summed E-state index contributed by atoms with van der Waals surface area (Å²) in [6, 6.07) is 29.1. The van der Waals surface area contributed by atoms with Crippen molar-refractivity contribution in [2.75, 3.05) is 9.80 Å². The number of hydrogen-bond acceptors (Lipinski definition) is 4. The lowest BCUT2D eigenvalue weighted by Gasteiger charge is -2.19. The van der Waals surface area contributed by atoms with E-state index >= 15 is 0 Å². The Kier molecular flexibility index (Phi) is 4.82. The van der Waals surface area contributed by atoms with Gasteiger partial charge < -0.3 is 9.80 Å². The fourth-order valence-corrected chi connectivity index (χ4v) is 6.02. The van der Waals surface area contributed by atoms with Gasteiger partial charge in [-0.3, -0.25) is 10.8 Å². The Balaban J connectivity index is 1.23. The first-order chi connectivity index (χ1) is 16.9. The molecular formula is C28H22N4O2S. The standard InChI is InChI=1S/C28H22N4O2S/c29-27-25-7-3-1-5-19(25)17-31(27)21-9-13-23(14-10-21)35(33,34)24-15-11-22(12-16-24)32-18-20-6-2-4-8-26(20)28(32)30/h1-16,29-30H,17-18H2. The fourth-order valence-electron chi connectivity index (χ4n) is 4.76. The smallest absolute Gasteiger partial charge is 0.206 e. The molecule has 2 heterocycles. The predicted octanol–water partition coefficient (Wildman–Crippen LogP) is 5.21. The number of nitrogens with one attached hydrogen (secondary N) is 2. The number of benzene rings is 4. The van der Waals surface area contributed by atoms with Crippen LogP contribution in [0.15, 0.2) is 107 Å². The van der Waals surface area contributed by atoms with Crippen molar-refractivity contribution in [1.82, 2.24) is 0 Å². The third-order valence-corrected chi connectivity index (χ3v) is 8.44. The molecule has 6 nitrogen and oxygen atoms in total. The molecular weight excluding hydrogens is 456 g/mol. The lowest BCUT2D eigenvalue weighted by molar-refractivity contribution is 0.596. The maximum atomic E-state index is 13.3. The first kappa shape index (κ1) is 21.3. The Morgan fingerprint density at radius 1 is 0.543 bits per heavy atom. The van der Waals surface area contributed by atoms with Crippen LogP contribution in [0.25, 0.3) is 0 Å². The molecule has 0 saturated carbocycles. The van der Waals surface area contributed by atoms with Crippen LogP contribution >= 0.6 is 0 Å². The van der Waals surface area contributed by atoms with Crippen molar-refractivity contribution in [2.45, 2.75) is 22.9 Å². The van der Waals surface area contributed by atoms with Gasteiger partial charge in [0.15, 0.2) is 0 Å². The Hall–Kier alpha value is -4.23. The third-order valence-electron chi connectivity index (χ3n) is 6.66. The van der Waals surface area contributed by atoms with Crippen LogP contribution in [0.1, 0.15) is 22.3 Å². The van der Waals surface area contributed by atoms with E-state index in [-0.39, 0.29) is 9.79 Å². The van der Waals surface area contributed by atoms with E-state index in [2.05, 4.69) is 0 Å². The molecule has 4 aromatic carbocycles. The molecule has 0 radical (unpaired) electrons. The summed E-state index contributed by atoms with van der Waals surface area (Å²) < 4.78 is 26.5. The van der Waals surface area contributed by atoms with E-state index in [1.807, 2.05) is 58.3 Å². The van der Waals surface area contributed by atoms with Gasteiger partial charge in [0.2, 0.25) is 9.84 Å². The number of nitrogens with zero attached hydrogens (tertiary/aromatic N) is 2. The van der Waals surface area contributed by atoms with E-state index in [4.69, 9.17) is 10.8 Å². The van der Waals surface area contributed by atoms with Crippen LogP contribution in [0.2, 0.25) is 0 Å². The molecule has 35 heavy (non-hydrogen) atoms. The van der Waals surface area contributed by atoms with Crippen LogP contribution in [-0.4, -0.2) is 20.1 Å². The van der Waals surface area contributed by atoms with E-state index in [0.29, 0.717) is 24.8 Å². The van der Waals surface area contributed by atoms with Gasteiger partial charge in [-0.1, -0.05) is 48.5 Å². The van der Waals surface area contributed by atoms with Crippen molar-refractivity contribution >= 4 is 32.9 Å². The largest absolute Gasteiger partial charge is 0.322 e. The molecule has 2 aliphatic rings. The molecule has 0 atom stereocenters. The number of sulfone groups is 1. The maximum absolute atomic E-state index is 13.3. The molecule has 0 unspecified atom stereocenters. The molecule has 0 saturated heterocycles. The average molecular weight is 479 g/mol. The molecule has 2 aliphatic heterocycles. The minimum absolute atomic E-state index is 0.207. The van der Waals surface area contributed by atoms with Crippen LogP contribution in [-0.2, 0) is 22.9 Å². The van der Waals surface area contributed by atoms with E-state index in [0.717, 1.165) is 33.6 Å². The topological polar surface area (TPSA) is 88.3 Å². The maximum Gasteiger partial charge on any atom is 0.206 e. The first-order valence-corrected chi connectivity index (χ1v) is 12.8. The summed E-state index contributed by atoms with van der Waals surface area (Å²) in [5.74, 6) is 0.836. The molecule has 0 bridgehead atoms. The third kappa shape index (κ3) is 3.43. The van der Waals surface area contributed by atoms with Crippen LogP contribution in [0.4, 0.5) is 11.4 Å². The zero-order valence-electron chi connectivity index (χ0n) is 18.8. The van der Waals surface area contributed by atoms with Crippen molar-refractivity contribution in [3.8, 4) is 0 Å². The van der Waals surface area contributed by atoms with Crippen LogP contribution < -0.4 is 9.80 Å². The normalized spacial score (nSPS) is 14.9. The summed E-state index contributed by atoms with van der Waals surface area (Å²) in [7, 11) is -3.70. The summed E-state index contributed by atoms with van der Waals surface area (Å²) >= 11 is 0. The lowest BCUT2D eigenvalue weighted by atomic mass is 10.1. The number of amidine groups is 2. The number of hydrogen-bond donors (Lipinski definition) is 2. The van der Waals surface area contributed by atoms with Crippen molar-refractivity contribution in [1.29, 1.82) is 10.8 Å². The SMILES string of the molecule is N=C1c2ccccc2CN1c1ccc(S(=O)(=O)c2ccc(N3Cc4ccccc4C3=N)cc2)cc1. The van der Waals surface area contributed by atoms with Gasteiger partial charge >= 0.3 is 0 Å². The number of fused-ring (bicyclic) bond motifs is 2. The van der Waals surface area contributed by atoms with Gasteiger partial charge in [-0.2, -0.15) is 0 Å². The summed E-state index contributed by atoms with van der Waals surface area (Å²) in [5.41, 5.74) is 5.55. The summed E-state index contributed by atoms with van der Waals surface area (Å²) in [4.78, 5) is 4.16. The molecule has 0 aliphatic carbocycles. The van der Waals surface area contributed by atoms with Crippen LogP contribution in [0.3, 0.4) is 0 Å². The molecule has 0 aromatic heterocycles. The molecule has 6 rings (SSSR count). The summed E-state index contributed by atoms with van der Waals surface area (Å²) in [6.07, 6.45) is 0. The van der Waals surface area contributed by atoms with Gasteiger partial charge in [0.25, 0.3) is 0 Å². The van der Waals surface area contributed by atoms with Crippen molar-refractivity contribution in [3.05, 3.63) is 119 Å². The lowest BCUT2D eigenvalue weighted by Crippen LogP contribution is -2.23. The van der Waals surface area contributed by atoms with Gasteiger partial charge in [-0.05, 0) is 59.7 Å². The van der Waals surface area contributed by atoms with Crippen molar-refractivity contribution in [2.24, 2.45) is 0 Å². The second-order valence-electron chi connectivity index (χ2n) is 8.68. The molecule has 4 aromatic rings. The quantitative estimate of drug-likeness (QED) is 0.421. The Labute approximate surface area is 204 Å². The number of rotatable bonds is 4. The molecule has 0 amide bonds. The van der Waals surface area contributed by atoms with E-state index in [1.54, 1.807) is 48.5 Å². The van der Waals surface area contributed by atoms with Gasteiger partial charge in [-0.25, -0.2) is 8.42 Å². The second-order valence-corrected chi connectivity index (χ2v) is 10.6. The van der Waals surface area contributed by atoms with Crippen molar-refractivity contribution < 1.29 is 8.42 Å².